The summed E-state index contributed by atoms with van der Waals surface area (Å²) in [7, 11) is 0. The van der Waals surface area contributed by atoms with E-state index in [0.717, 1.165) is 26.2 Å². The minimum Gasteiger partial charge on any atom is -0.450 e. The number of carboxylic acid groups (broad SMARTS) is 1. The van der Waals surface area contributed by atoms with Gasteiger partial charge in [-0.2, -0.15) is 0 Å². The first kappa shape index (κ1) is 9.28. The summed E-state index contributed by atoms with van der Waals surface area (Å²) in [5.74, 6) is 0. The smallest absolute Gasteiger partial charge is 0.450 e. The number of piperazine rings is 1. The van der Waals surface area contributed by atoms with Gasteiger partial charge in [0.15, 0.2) is 0 Å². The van der Waals surface area contributed by atoms with E-state index < -0.39 is 6.16 Å². The Morgan fingerprint density at radius 1 is 1.50 bits per heavy atom. The van der Waals surface area contributed by atoms with E-state index in [-0.39, 0.29) is 6.61 Å². The van der Waals surface area contributed by atoms with Crippen LogP contribution < -0.4 is 5.32 Å². The molecule has 0 spiro atoms. The van der Waals surface area contributed by atoms with Crippen molar-refractivity contribution in [2.75, 3.05) is 39.3 Å². The third-order valence-electron chi connectivity index (χ3n) is 1.84. The van der Waals surface area contributed by atoms with Gasteiger partial charge in [-0.05, 0) is 0 Å². The van der Waals surface area contributed by atoms with E-state index >= 15 is 0 Å². The summed E-state index contributed by atoms with van der Waals surface area (Å²) in [6.45, 7) is 4.88. The van der Waals surface area contributed by atoms with Crippen LogP contribution in [0.3, 0.4) is 0 Å². The van der Waals surface area contributed by atoms with E-state index in [9.17, 15) is 4.79 Å². The molecular weight excluding hydrogens is 160 g/mol. The van der Waals surface area contributed by atoms with Gasteiger partial charge in [-0.1, -0.05) is 0 Å². The number of nitrogens with one attached hydrogen (secondary N) is 1. The molecule has 1 saturated heterocycles. The van der Waals surface area contributed by atoms with Gasteiger partial charge in [0, 0.05) is 32.7 Å². The van der Waals surface area contributed by atoms with E-state index in [4.69, 9.17) is 5.11 Å². The van der Waals surface area contributed by atoms with Crippen LogP contribution in [0.1, 0.15) is 0 Å². The molecule has 0 atom stereocenters. The van der Waals surface area contributed by atoms with Crippen LogP contribution in [0.15, 0.2) is 0 Å². The van der Waals surface area contributed by atoms with Gasteiger partial charge in [-0.25, -0.2) is 4.79 Å². The number of hydrogen-bond acceptors (Lipinski definition) is 4. The summed E-state index contributed by atoms with van der Waals surface area (Å²) in [5, 5.41) is 11.4. The number of ether oxygens (including phenoxy) is 1. The monoisotopic (exact) mass is 174 g/mol. The van der Waals surface area contributed by atoms with Crippen molar-refractivity contribution < 1.29 is 14.6 Å². The average Bonchev–Trinajstić information content (AvgIpc) is 2.05. The maximum Gasteiger partial charge on any atom is 0.505 e. The number of rotatable bonds is 3. The molecule has 0 unspecified atom stereocenters. The van der Waals surface area contributed by atoms with E-state index in [1.54, 1.807) is 0 Å². The lowest BCUT2D eigenvalue weighted by Crippen LogP contribution is -2.44. The summed E-state index contributed by atoms with van der Waals surface area (Å²) in [4.78, 5) is 12.2. The van der Waals surface area contributed by atoms with Crippen molar-refractivity contribution in [3.8, 4) is 0 Å². The van der Waals surface area contributed by atoms with Gasteiger partial charge in [0.25, 0.3) is 0 Å². The standard InChI is InChI=1S/C7H14N2O3/c10-7(11)12-6-5-9-3-1-8-2-4-9/h8H,1-6H2,(H,10,11). The number of hydrogen-bond donors (Lipinski definition) is 2. The van der Waals surface area contributed by atoms with E-state index in [2.05, 4.69) is 15.0 Å². The maximum atomic E-state index is 9.99. The van der Waals surface area contributed by atoms with Crippen LogP contribution in [-0.2, 0) is 4.74 Å². The first-order chi connectivity index (χ1) is 5.79. The summed E-state index contributed by atoms with van der Waals surface area (Å²) in [5.41, 5.74) is 0. The van der Waals surface area contributed by atoms with Crippen molar-refractivity contribution in [2.24, 2.45) is 0 Å². The molecule has 0 aromatic rings. The Labute approximate surface area is 71.3 Å². The van der Waals surface area contributed by atoms with Crippen LogP contribution in [0.25, 0.3) is 0 Å². The Kier molecular flexibility index (Phi) is 3.83. The second-order valence-corrected chi connectivity index (χ2v) is 2.71. The van der Waals surface area contributed by atoms with Crippen molar-refractivity contribution in [3.63, 3.8) is 0 Å². The van der Waals surface area contributed by atoms with Crippen LogP contribution in [0.2, 0.25) is 0 Å². The van der Waals surface area contributed by atoms with Crippen molar-refractivity contribution in [2.45, 2.75) is 0 Å². The van der Waals surface area contributed by atoms with Gasteiger partial charge in [0.1, 0.15) is 6.61 Å². The quantitative estimate of drug-likeness (QED) is 0.569. The van der Waals surface area contributed by atoms with Crippen molar-refractivity contribution in [1.29, 1.82) is 0 Å². The Morgan fingerprint density at radius 3 is 2.75 bits per heavy atom. The zero-order chi connectivity index (χ0) is 8.81. The molecule has 5 heteroatoms. The summed E-state index contributed by atoms with van der Waals surface area (Å²) in [6, 6.07) is 0. The Balaban J connectivity index is 2.01. The molecule has 1 fully saturated rings. The van der Waals surface area contributed by atoms with E-state index in [0.29, 0.717) is 6.54 Å². The molecule has 12 heavy (non-hydrogen) atoms. The Morgan fingerprint density at radius 2 is 2.17 bits per heavy atom. The third-order valence-corrected chi connectivity index (χ3v) is 1.84. The molecule has 1 rings (SSSR count). The highest BCUT2D eigenvalue weighted by molar-refractivity contribution is 5.56. The minimum atomic E-state index is -1.19. The van der Waals surface area contributed by atoms with Crippen molar-refractivity contribution in [1.82, 2.24) is 10.2 Å². The second-order valence-electron chi connectivity index (χ2n) is 2.71. The Bertz CT molecular complexity index is 146. The van der Waals surface area contributed by atoms with Crippen LogP contribution >= 0.6 is 0 Å². The summed E-state index contributed by atoms with van der Waals surface area (Å²) < 4.78 is 4.40. The van der Waals surface area contributed by atoms with Crippen LogP contribution in [0, 0.1) is 0 Å². The summed E-state index contributed by atoms with van der Waals surface area (Å²) >= 11 is 0. The number of nitrogens with zero attached hydrogens (tertiary/aromatic N) is 1. The first-order valence-electron chi connectivity index (χ1n) is 4.08. The Hall–Kier alpha value is -0.810. The zero-order valence-corrected chi connectivity index (χ0v) is 6.95. The van der Waals surface area contributed by atoms with Gasteiger partial charge < -0.3 is 15.2 Å². The lowest BCUT2D eigenvalue weighted by molar-refractivity contribution is 0.0785. The molecule has 2 N–H and O–H groups in total. The van der Waals surface area contributed by atoms with E-state index in [1.807, 2.05) is 0 Å². The fourth-order valence-corrected chi connectivity index (χ4v) is 1.20. The van der Waals surface area contributed by atoms with Gasteiger partial charge in [0.2, 0.25) is 0 Å². The molecule has 0 bridgehead atoms. The molecule has 70 valence electrons. The molecule has 0 aromatic carbocycles. The van der Waals surface area contributed by atoms with Gasteiger partial charge >= 0.3 is 6.16 Å². The van der Waals surface area contributed by atoms with Gasteiger partial charge in [-0.3, -0.25) is 4.90 Å². The van der Waals surface area contributed by atoms with E-state index in [1.165, 1.54) is 0 Å². The fraction of sp³-hybridized carbons (Fsp3) is 0.857. The molecule has 0 radical (unpaired) electrons. The predicted molar refractivity (Wildman–Crippen MR) is 43.3 cm³/mol. The maximum absolute atomic E-state index is 9.99. The van der Waals surface area contributed by atoms with Crippen LogP contribution in [0.5, 0.6) is 0 Å². The van der Waals surface area contributed by atoms with Crippen molar-refractivity contribution >= 4 is 6.16 Å². The molecule has 1 aliphatic rings. The largest absolute Gasteiger partial charge is 0.505 e. The zero-order valence-electron chi connectivity index (χ0n) is 6.95. The minimum absolute atomic E-state index is 0.273. The van der Waals surface area contributed by atoms with Crippen LogP contribution in [0.4, 0.5) is 4.79 Å². The van der Waals surface area contributed by atoms with Gasteiger partial charge in [-0.15, -0.1) is 0 Å². The van der Waals surface area contributed by atoms with Crippen LogP contribution in [-0.4, -0.2) is 55.5 Å². The topological polar surface area (TPSA) is 61.8 Å². The van der Waals surface area contributed by atoms with Gasteiger partial charge in [0.05, 0.1) is 0 Å². The highest BCUT2D eigenvalue weighted by Gasteiger charge is 2.09. The second kappa shape index (κ2) is 4.95. The van der Waals surface area contributed by atoms with Crippen molar-refractivity contribution in [3.05, 3.63) is 0 Å². The highest BCUT2D eigenvalue weighted by atomic mass is 16.7. The number of carbonyl (C=O) groups is 1. The predicted octanol–water partition coefficient (Wildman–Crippen LogP) is -0.414. The molecule has 0 amide bonds. The normalized spacial score (nSPS) is 19.0. The molecule has 1 heterocycles. The third kappa shape index (κ3) is 3.54. The lowest BCUT2D eigenvalue weighted by atomic mass is 10.4. The first-order valence-corrected chi connectivity index (χ1v) is 4.08. The average molecular weight is 174 g/mol. The molecular formula is C7H14N2O3. The summed E-state index contributed by atoms with van der Waals surface area (Å²) in [6.07, 6.45) is -1.19. The molecule has 0 aliphatic carbocycles. The molecule has 0 saturated carbocycles. The fourth-order valence-electron chi connectivity index (χ4n) is 1.20. The molecule has 0 aromatic heterocycles. The molecule has 5 nitrogen and oxygen atoms in total. The molecule has 1 aliphatic heterocycles. The lowest BCUT2D eigenvalue weighted by Gasteiger charge is -2.26. The highest BCUT2D eigenvalue weighted by Crippen LogP contribution is 1.91. The SMILES string of the molecule is O=C(O)OCCN1CCNCC1.